The van der Waals surface area contributed by atoms with Crippen molar-refractivity contribution in [1.29, 1.82) is 0 Å². The first-order valence-electron chi connectivity index (χ1n) is 7.29. The van der Waals surface area contributed by atoms with Crippen LogP contribution < -0.4 is 14.8 Å². The third-order valence-electron chi connectivity index (χ3n) is 3.92. The van der Waals surface area contributed by atoms with Gasteiger partial charge in [-0.15, -0.1) is 0 Å². The van der Waals surface area contributed by atoms with E-state index < -0.39 is 0 Å². The minimum atomic E-state index is -0.109. The summed E-state index contributed by atoms with van der Waals surface area (Å²) in [5, 5.41) is 3.02. The maximum atomic E-state index is 12.4. The normalized spacial score (nSPS) is 21.7. The smallest absolute Gasteiger partial charge is 0.255 e. The Morgan fingerprint density at radius 2 is 2.14 bits per heavy atom. The van der Waals surface area contributed by atoms with Gasteiger partial charge in [0.25, 0.3) is 5.91 Å². The van der Waals surface area contributed by atoms with Gasteiger partial charge in [-0.25, -0.2) is 0 Å². The molecule has 4 nitrogen and oxygen atoms in total. The fourth-order valence-corrected chi connectivity index (χ4v) is 3.66. The van der Waals surface area contributed by atoms with Crippen LogP contribution in [-0.4, -0.2) is 31.5 Å². The van der Waals surface area contributed by atoms with E-state index in [0.29, 0.717) is 34.4 Å². The number of benzene rings is 1. The first-order chi connectivity index (χ1) is 10.2. The van der Waals surface area contributed by atoms with Gasteiger partial charge in [0, 0.05) is 11.4 Å². The molecule has 0 aromatic heterocycles. The number of amides is 1. The van der Waals surface area contributed by atoms with Crippen molar-refractivity contribution in [2.75, 3.05) is 20.8 Å². The first kappa shape index (κ1) is 16.1. The van der Waals surface area contributed by atoms with Crippen molar-refractivity contribution in [3.63, 3.8) is 0 Å². The van der Waals surface area contributed by atoms with Crippen LogP contribution in [0.25, 0.3) is 0 Å². The molecule has 2 rings (SSSR count). The molecular formula is C16H22BrNO3. The standard InChI is InChI=1S/C16H22BrNO3/c1-20-14-8-4-7-13(15(14)21-2)16(19)18-10-11-5-3-6-12(17)9-11/h4,7-8,11-12H,3,5-6,9-10H2,1-2H3,(H,18,19). The summed E-state index contributed by atoms with van der Waals surface area (Å²) in [4.78, 5) is 12.9. The van der Waals surface area contributed by atoms with E-state index in [0.717, 1.165) is 6.42 Å². The summed E-state index contributed by atoms with van der Waals surface area (Å²) in [6.45, 7) is 0.710. The van der Waals surface area contributed by atoms with Gasteiger partial charge in [0.15, 0.2) is 11.5 Å². The molecule has 0 bridgehead atoms. The Hall–Kier alpha value is -1.23. The van der Waals surface area contributed by atoms with Crippen LogP contribution >= 0.6 is 15.9 Å². The molecule has 0 radical (unpaired) electrons. The van der Waals surface area contributed by atoms with E-state index >= 15 is 0 Å². The zero-order valence-corrected chi connectivity index (χ0v) is 14.1. The predicted molar refractivity (Wildman–Crippen MR) is 86.6 cm³/mol. The Morgan fingerprint density at radius 1 is 1.33 bits per heavy atom. The van der Waals surface area contributed by atoms with E-state index in [2.05, 4.69) is 21.2 Å². The molecule has 1 aliphatic rings. The highest BCUT2D eigenvalue weighted by atomic mass is 79.9. The van der Waals surface area contributed by atoms with E-state index in [1.165, 1.54) is 19.3 Å². The molecule has 1 aliphatic carbocycles. The topological polar surface area (TPSA) is 47.6 Å². The third-order valence-corrected chi connectivity index (χ3v) is 4.75. The van der Waals surface area contributed by atoms with Crippen LogP contribution in [0.3, 0.4) is 0 Å². The summed E-state index contributed by atoms with van der Waals surface area (Å²) >= 11 is 3.67. The average Bonchev–Trinajstić information content (AvgIpc) is 2.51. The first-order valence-corrected chi connectivity index (χ1v) is 8.20. The fourth-order valence-electron chi connectivity index (χ4n) is 2.81. The molecule has 0 heterocycles. The Bertz CT molecular complexity index is 492. The second-order valence-corrected chi connectivity index (χ2v) is 6.68. The van der Waals surface area contributed by atoms with Gasteiger partial charge >= 0.3 is 0 Å². The number of carbonyl (C=O) groups is 1. The number of methoxy groups -OCH3 is 2. The number of para-hydroxylation sites is 1. The highest BCUT2D eigenvalue weighted by Crippen LogP contribution is 2.31. The van der Waals surface area contributed by atoms with Gasteiger partial charge < -0.3 is 14.8 Å². The van der Waals surface area contributed by atoms with Crippen LogP contribution in [0.4, 0.5) is 0 Å². The largest absolute Gasteiger partial charge is 0.493 e. The van der Waals surface area contributed by atoms with E-state index in [1.54, 1.807) is 32.4 Å². The van der Waals surface area contributed by atoms with Crippen molar-refractivity contribution in [2.45, 2.75) is 30.5 Å². The lowest BCUT2D eigenvalue weighted by molar-refractivity contribution is 0.0940. The van der Waals surface area contributed by atoms with Crippen LogP contribution in [0.1, 0.15) is 36.0 Å². The van der Waals surface area contributed by atoms with Gasteiger partial charge in [0.05, 0.1) is 19.8 Å². The molecule has 116 valence electrons. The molecule has 1 amide bonds. The van der Waals surface area contributed by atoms with Gasteiger partial charge in [0.2, 0.25) is 0 Å². The Morgan fingerprint density at radius 3 is 2.81 bits per heavy atom. The number of hydrogen-bond acceptors (Lipinski definition) is 3. The number of nitrogens with one attached hydrogen (secondary N) is 1. The number of ether oxygens (including phenoxy) is 2. The Kier molecular flexibility index (Phi) is 5.91. The zero-order chi connectivity index (χ0) is 15.2. The van der Waals surface area contributed by atoms with Crippen LogP contribution in [0.2, 0.25) is 0 Å². The molecule has 1 fully saturated rings. The van der Waals surface area contributed by atoms with Gasteiger partial charge in [-0.1, -0.05) is 28.4 Å². The maximum absolute atomic E-state index is 12.4. The summed E-state index contributed by atoms with van der Waals surface area (Å²) < 4.78 is 10.5. The number of halogens is 1. The molecule has 2 unspecified atom stereocenters. The SMILES string of the molecule is COc1cccc(C(=O)NCC2CCCC(Br)C2)c1OC. The second kappa shape index (κ2) is 7.69. The molecule has 5 heteroatoms. The Balaban J connectivity index is 2.00. The van der Waals surface area contributed by atoms with Crippen molar-refractivity contribution >= 4 is 21.8 Å². The number of rotatable bonds is 5. The molecule has 0 aliphatic heterocycles. The molecule has 1 aromatic carbocycles. The molecule has 1 saturated carbocycles. The minimum absolute atomic E-state index is 0.109. The third kappa shape index (κ3) is 4.13. The molecular weight excluding hydrogens is 334 g/mol. The average molecular weight is 356 g/mol. The van der Waals surface area contributed by atoms with Crippen molar-refractivity contribution < 1.29 is 14.3 Å². The second-order valence-electron chi connectivity index (χ2n) is 5.38. The molecule has 0 saturated heterocycles. The number of hydrogen-bond donors (Lipinski definition) is 1. The van der Waals surface area contributed by atoms with Crippen LogP contribution in [-0.2, 0) is 0 Å². The van der Waals surface area contributed by atoms with Gasteiger partial charge in [-0.2, -0.15) is 0 Å². The summed E-state index contributed by atoms with van der Waals surface area (Å²) in [5.41, 5.74) is 0.517. The number of alkyl halides is 1. The lowest BCUT2D eigenvalue weighted by atomic mass is 9.89. The van der Waals surface area contributed by atoms with E-state index in [1.807, 2.05) is 0 Å². The van der Waals surface area contributed by atoms with Crippen molar-refractivity contribution in [3.05, 3.63) is 23.8 Å². The summed E-state index contributed by atoms with van der Waals surface area (Å²) in [6, 6.07) is 5.34. The van der Waals surface area contributed by atoms with Crippen molar-refractivity contribution in [3.8, 4) is 11.5 Å². The molecule has 1 N–H and O–H groups in total. The number of carbonyl (C=O) groups excluding carboxylic acids is 1. The lowest BCUT2D eigenvalue weighted by Gasteiger charge is -2.25. The molecule has 2 atom stereocenters. The van der Waals surface area contributed by atoms with Gasteiger partial charge in [-0.05, 0) is 37.3 Å². The fraction of sp³-hybridized carbons (Fsp3) is 0.562. The Labute approximate surface area is 134 Å². The van der Waals surface area contributed by atoms with Crippen LogP contribution in [0.15, 0.2) is 18.2 Å². The molecule has 1 aromatic rings. The van der Waals surface area contributed by atoms with E-state index in [9.17, 15) is 4.79 Å². The van der Waals surface area contributed by atoms with E-state index in [-0.39, 0.29) is 5.91 Å². The van der Waals surface area contributed by atoms with Gasteiger partial charge in [0.1, 0.15) is 0 Å². The van der Waals surface area contributed by atoms with E-state index in [4.69, 9.17) is 9.47 Å². The molecule has 21 heavy (non-hydrogen) atoms. The van der Waals surface area contributed by atoms with Gasteiger partial charge in [-0.3, -0.25) is 4.79 Å². The lowest BCUT2D eigenvalue weighted by Crippen LogP contribution is -2.32. The minimum Gasteiger partial charge on any atom is -0.493 e. The highest BCUT2D eigenvalue weighted by molar-refractivity contribution is 9.09. The summed E-state index contributed by atoms with van der Waals surface area (Å²) in [7, 11) is 3.11. The quantitative estimate of drug-likeness (QED) is 0.823. The highest BCUT2D eigenvalue weighted by Gasteiger charge is 2.22. The van der Waals surface area contributed by atoms with Crippen molar-refractivity contribution in [2.24, 2.45) is 5.92 Å². The zero-order valence-electron chi connectivity index (χ0n) is 12.5. The van der Waals surface area contributed by atoms with Crippen LogP contribution in [0.5, 0.6) is 11.5 Å². The monoisotopic (exact) mass is 355 g/mol. The van der Waals surface area contributed by atoms with Crippen LogP contribution in [0, 0.1) is 5.92 Å². The summed E-state index contributed by atoms with van der Waals surface area (Å²) in [5.74, 6) is 1.49. The van der Waals surface area contributed by atoms with Crippen molar-refractivity contribution in [1.82, 2.24) is 5.32 Å². The summed E-state index contributed by atoms with van der Waals surface area (Å²) in [6.07, 6.45) is 4.75. The molecule has 0 spiro atoms. The predicted octanol–water partition coefficient (Wildman–Crippen LogP) is 3.39. The maximum Gasteiger partial charge on any atom is 0.255 e.